The molecule has 0 aromatic heterocycles. The van der Waals surface area contributed by atoms with E-state index < -0.39 is 0 Å². The summed E-state index contributed by atoms with van der Waals surface area (Å²) in [6, 6.07) is 14.4. The molecule has 2 N–H and O–H groups in total. The van der Waals surface area contributed by atoms with Crippen molar-refractivity contribution in [1.29, 1.82) is 0 Å². The largest absolute Gasteiger partial charge is 0.357 e. The third-order valence-electron chi connectivity index (χ3n) is 4.78. The molecule has 0 bridgehead atoms. The number of hydrogen-bond donors (Lipinski definition) is 2. The quantitative estimate of drug-likeness (QED) is 0.533. The number of amides is 1. The van der Waals surface area contributed by atoms with Crippen molar-refractivity contribution in [2.75, 3.05) is 33.7 Å². The summed E-state index contributed by atoms with van der Waals surface area (Å²) in [5.74, 6) is 0.860. The van der Waals surface area contributed by atoms with Crippen LogP contribution in [-0.4, -0.2) is 50.5 Å². The van der Waals surface area contributed by atoms with Gasteiger partial charge in [0.15, 0.2) is 5.96 Å². The van der Waals surface area contributed by atoms with E-state index in [1.165, 1.54) is 16.7 Å². The third-order valence-corrected chi connectivity index (χ3v) is 4.78. The van der Waals surface area contributed by atoms with Crippen molar-refractivity contribution in [3.63, 3.8) is 0 Å². The molecule has 5 nitrogen and oxygen atoms in total. The fourth-order valence-corrected chi connectivity index (χ4v) is 3.20. The SMILES string of the molecule is CCNC(=NCCc1ccc(C)cc1C)NCCc1cccc(C(=O)N(C)C)c1. The van der Waals surface area contributed by atoms with E-state index in [1.54, 1.807) is 19.0 Å². The van der Waals surface area contributed by atoms with Crippen LogP contribution in [0.1, 0.15) is 39.5 Å². The first-order valence-electron chi connectivity index (χ1n) is 10.3. The van der Waals surface area contributed by atoms with Gasteiger partial charge in [0.2, 0.25) is 0 Å². The Hall–Kier alpha value is -2.82. The van der Waals surface area contributed by atoms with E-state index in [0.29, 0.717) is 0 Å². The van der Waals surface area contributed by atoms with Crippen molar-refractivity contribution in [1.82, 2.24) is 15.5 Å². The van der Waals surface area contributed by atoms with Crippen LogP contribution in [0.25, 0.3) is 0 Å². The lowest BCUT2D eigenvalue weighted by Crippen LogP contribution is -2.38. The summed E-state index contributed by atoms with van der Waals surface area (Å²) >= 11 is 0. The summed E-state index contributed by atoms with van der Waals surface area (Å²) in [5.41, 5.74) is 5.82. The number of hydrogen-bond acceptors (Lipinski definition) is 2. The van der Waals surface area contributed by atoms with Crippen LogP contribution in [0.15, 0.2) is 47.5 Å². The maximum Gasteiger partial charge on any atom is 0.253 e. The molecule has 29 heavy (non-hydrogen) atoms. The molecule has 2 aromatic carbocycles. The maximum atomic E-state index is 12.1. The number of carbonyl (C=O) groups excluding carboxylic acids is 1. The van der Waals surface area contributed by atoms with Crippen LogP contribution in [0.4, 0.5) is 0 Å². The van der Waals surface area contributed by atoms with E-state index in [1.807, 2.05) is 18.2 Å². The van der Waals surface area contributed by atoms with Gasteiger partial charge in [-0.15, -0.1) is 0 Å². The molecule has 0 aliphatic carbocycles. The molecule has 0 atom stereocenters. The molecule has 0 fully saturated rings. The second kappa shape index (κ2) is 11.2. The van der Waals surface area contributed by atoms with Crippen LogP contribution in [-0.2, 0) is 12.8 Å². The molecule has 0 aliphatic heterocycles. The van der Waals surface area contributed by atoms with Crippen molar-refractivity contribution in [3.05, 3.63) is 70.3 Å². The maximum absolute atomic E-state index is 12.1. The highest BCUT2D eigenvalue weighted by Gasteiger charge is 2.08. The smallest absolute Gasteiger partial charge is 0.253 e. The highest BCUT2D eigenvalue weighted by Crippen LogP contribution is 2.11. The van der Waals surface area contributed by atoms with Gasteiger partial charge in [0.05, 0.1) is 0 Å². The van der Waals surface area contributed by atoms with Gasteiger partial charge >= 0.3 is 0 Å². The van der Waals surface area contributed by atoms with Gasteiger partial charge in [-0.1, -0.05) is 35.9 Å². The van der Waals surface area contributed by atoms with E-state index >= 15 is 0 Å². The Bertz CT molecular complexity index is 843. The molecular weight excluding hydrogens is 360 g/mol. The lowest BCUT2D eigenvalue weighted by molar-refractivity contribution is 0.0827. The van der Waals surface area contributed by atoms with Crippen LogP contribution in [0.2, 0.25) is 0 Å². The van der Waals surface area contributed by atoms with Crippen LogP contribution >= 0.6 is 0 Å². The summed E-state index contributed by atoms with van der Waals surface area (Å²) in [4.78, 5) is 18.4. The Morgan fingerprint density at radius 3 is 2.52 bits per heavy atom. The predicted octanol–water partition coefficient (Wildman–Crippen LogP) is 3.35. The molecule has 1 amide bonds. The summed E-state index contributed by atoms with van der Waals surface area (Å²) in [7, 11) is 3.54. The first kappa shape index (κ1) is 22.5. The number of nitrogens with one attached hydrogen (secondary N) is 2. The predicted molar refractivity (Wildman–Crippen MR) is 122 cm³/mol. The number of benzene rings is 2. The molecule has 0 saturated carbocycles. The van der Waals surface area contributed by atoms with Gasteiger partial charge in [0, 0.05) is 39.3 Å². The molecular formula is C24H34N4O. The number of rotatable bonds is 8. The van der Waals surface area contributed by atoms with Crippen LogP contribution in [0, 0.1) is 13.8 Å². The molecule has 0 saturated heterocycles. The minimum atomic E-state index is 0.0288. The Labute approximate surface area is 175 Å². The van der Waals surface area contributed by atoms with E-state index in [0.717, 1.165) is 49.6 Å². The summed E-state index contributed by atoms with van der Waals surface area (Å²) in [6.07, 6.45) is 1.76. The van der Waals surface area contributed by atoms with Crippen LogP contribution < -0.4 is 10.6 Å². The topological polar surface area (TPSA) is 56.7 Å². The van der Waals surface area contributed by atoms with Crippen molar-refractivity contribution in [3.8, 4) is 0 Å². The average molecular weight is 395 g/mol. The molecule has 2 rings (SSSR count). The molecule has 0 heterocycles. The van der Waals surface area contributed by atoms with E-state index in [9.17, 15) is 4.79 Å². The minimum absolute atomic E-state index is 0.0288. The van der Waals surface area contributed by atoms with Crippen molar-refractivity contribution in [2.45, 2.75) is 33.6 Å². The average Bonchev–Trinajstić information content (AvgIpc) is 2.69. The first-order chi connectivity index (χ1) is 13.9. The molecule has 2 aromatic rings. The van der Waals surface area contributed by atoms with Crippen molar-refractivity contribution < 1.29 is 4.79 Å². The van der Waals surface area contributed by atoms with Crippen LogP contribution in [0.3, 0.4) is 0 Å². The van der Waals surface area contributed by atoms with Crippen molar-refractivity contribution >= 4 is 11.9 Å². The zero-order valence-corrected chi connectivity index (χ0v) is 18.4. The van der Waals surface area contributed by atoms with Gasteiger partial charge in [-0.25, -0.2) is 0 Å². The summed E-state index contributed by atoms with van der Waals surface area (Å²) in [5, 5.41) is 6.70. The van der Waals surface area contributed by atoms with E-state index in [-0.39, 0.29) is 5.91 Å². The number of nitrogens with zero attached hydrogens (tertiary/aromatic N) is 2. The van der Waals surface area contributed by atoms with Gasteiger partial charge < -0.3 is 15.5 Å². The number of guanidine groups is 1. The van der Waals surface area contributed by atoms with Crippen LogP contribution in [0.5, 0.6) is 0 Å². The number of aliphatic imine (C=N–C) groups is 1. The monoisotopic (exact) mass is 394 g/mol. The molecule has 5 heteroatoms. The Kier molecular flexibility index (Phi) is 8.71. The van der Waals surface area contributed by atoms with Crippen molar-refractivity contribution in [2.24, 2.45) is 4.99 Å². The highest BCUT2D eigenvalue weighted by molar-refractivity contribution is 5.94. The third kappa shape index (κ3) is 7.26. The molecule has 0 spiro atoms. The van der Waals surface area contributed by atoms with E-state index in [4.69, 9.17) is 4.99 Å². The Balaban J connectivity index is 1.89. The summed E-state index contributed by atoms with van der Waals surface area (Å²) < 4.78 is 0. The van der Waals surface area contributed by atoms with Gasteiger partial charge in [-0.05, 0) is 62.4 Å². The summed E-state index contributed by atoms with van der Waals surface area (Å²) in [6.45, 7) is 8.67. The Morgan fingerprint density at radius 2 is 1.83 bits per heavy atom. The zero-order valence-electron chi connectivity index (χ0n) is 18.4. The van der Waals surface area contributed by atoms with Gasteiger partial charge in [-0.3, -0.25) is 9.79 Å². The fourth-order valence-electron chi connectivity index (χ4n) is 3.20. The molecule has 0 aliphatic rings. The molecule has 156 valence electrons. The lowest BCUT2D eigenvalue weighted by atomic mass is 10.0. The molecule has 0 radical (unpaired) electrons. The highest BCUT2D eigenvalue weighted by atomic mass is 16.2. The fraction of sp³-hybridized carbons (Fsp3) is 0.417. The van der Waals surface area contributed by atoms with E-state index in [2.05, 4.69) is 55.7 Å². The minimum Gasteiger partial charge on any atom is -0.357 e. The second-order valence-corrected chi connectivity index (χ2v) is 7.52. The molecule has 0 unspecified atom stereocenters. The van der Waals surface area contributed by atoms with Gasteiger partial charge in [0.25, 0.3) is 5.91 Å². The lowest BCUT2D eigenvalue weighted by Gasteiger charge is -2.13. The zero-order chi connectivity index (χ0) is 21.2. The standard InChI is InChI=1S/C24H34N4O/c1-6-25-24(27-15-13-21-11-10-18(2)16-19(21)3)26-14-12-20-8-7-9-22(17-20)23(29)28(4)5/h7-11,16-17H,6,12-15H2,1-5H3,(H2,25,26,27). The number of carbonyl (C=O) groups is 1. The normalized spacial score (nSPS) is 11.3. The van der Waals surface area contributed by atoms with Gasteiger partial charge in [-0.2, -0.15) is 0 Å². The number of aryl methyl sites for hydroxylation is 2. The van der Waals surface area contributed by atoms with Gasteiger partial charge in [0.1, 0.15) is 0 Å². The first-order valence-corrected chi connectivity index (χ1v) is 10.3. The second-order valence-electron chi connectivity index (χ2n) is 7.52. The Morgan fingerprint density at radius 1 is 1.03 bits per heavy atom.